The second-order valence-electron chi connectivity index (χ2n) is 7.21. The van der Waals surface area contributed by atoms with Crippen LogP contribution < -0.4 is 0 Å². The number of nitrogens with zero attached hydrogens (tertiary/aromatic N) is 5. The highest BCUT2D eigenvalue weighted by molar-refractivity contribution is 5.81. The highest BCUT2D eigenvalue weighted by atomic mass is 19.1. The molecule has 3 rings (SSSR count). The van der Waals surface area contributed by atoms with Gasteiger partial charge in [0.15, 0.2) is 0 Å². The molecule has 0 spiro atoms. The molecule has 1 amide bonds. The molecule has 134 valence electrons. The van der Waals surface area contributed by atoms with Crippen LogP contribution in [0.2, 0.25) is 0 Å². The topological polar surface area (TPSA) is 63.9 Å². The van der Waals surface area contributed by atoms with Gasteiger partial charge in [-0.2, -0.15) is 0 Å². The monoisotopic (exact) mass is 345 g/mol. The van der Waals surface area contributed by atoms with E-state index in [4.69, 9.17) is 0 Å². The first-order valence-corrected chi connectivity index (χ1v) is 8.71. The van der Waals surface area contributed by atoms with E-state index in [2.05, 4.69) is 29.4 Å². The molecule has 1 fully saturated rings. The minimum Gasteiger partial charge on any atom is -0.340 e. The van der Waals surface area contributed by atoms with Crippen molar-refractivity contribution in [2.24, 2.45) is 11.8 Å². The molecule has 0 radical (unpaired) electrons. The van der Waals surface area contributed by atoms with Crippen LogP contribution in [0.5, 0.6) is 0 Å². The predicted octanol–water partition coefficient (Wildman–Crippen LogP) is 2.41. The van der Waals surface area contributed by atoms with Crippen LogP contribution in [-0.2, 0) is 11.2 Å². The Morgan fingerprint density at radius 3 is 2.64 bits per heavy atom. The quantitative estimate of drug-likeness (QED) is 0.854. The normalized spacial score (nSPS) is 22.0. The van der Waals surface area contributed by atoms with Gasteiger partial charge in [0.05, 0.1) is 0 Å². The molecule has 7 heteroatoms. The third-order valence-electron chi connectivity index (χ3n) is 4.74. The van der Waals surface area contributed by atoms with Crippen LogP contribution >= 0.6 is 0 Å². The Balaban J connectivity index is 1.88. The fraction of sp³-hybridized carbons (Fsp3) is 0.556. The molecular formula is C18H24FN5O. The Bertz CT molecular complexity index is 737. The summed E-state index contributed by atoms with van der Waals surface area (Å²) in [6.07, 6.45) is 1.49. The van der Waals surface area contributed by atoms with Crippen molar-refractivity contribution < 1.29 is 9.18 Å². The molecule has 2 heterocycles. The van der Waals surface area contributed by atoms with E-state index < -0.39 is 6.04 Å². The van der Waals surface area contributed by atoms with Crippen molar-refractivity contribution >= 4 is 5.91 Å². The molecule has 1 aromatic carbocycles. The number of likely N-dealkylation sites (tertiary alicyclic amines) is 1. The second kappa shape index (κ2) is 7.29. The summed E-state index contributed by atoms with van der Waals surface area (Å²) >= 11 is 0. The standard InChI is InChI=1S/C18H24FN5O/c1-12-7-13(2)11-23(10-12)18(25)17(24-14(3)20-21-22-24)9-15-5-4-6-16(19)8-15/h4-6,8,12-13,17H,7,9-11H2,1-3H3/t12-,13+,17-/m1/s1. The van der Waals surface area contributed by atoms with Gasteiger partial charge in [-0.1, -0.05) is 26.0 Å². The Morgan fingerprint density at radius 2 is 2.04 bits per heavy atom. The third-order valence-corrected chi connectivity index (χ3v) is 4.74. The van der Waals surface area contributed by atoms with Crippen molar-refractivity contribution in [3.8, 4) is 0 Å². The van der Waals surface area contributed by atoms with Gasteiger partial charge in [-0.15, -0.1) is 5.10 Å². The van der Waals surface area contributed by atoms with E-state index >= 15 is 0 Å². The summed E-state index contributed by atoms with van der Waals surface area (Å²) in [5.74, 6) is 1.21. The molecule has 1 aromatic heterocycles. The van der Waals surface area contributed by atoms with E-state index in [0.29, 0.717) is 24.1 Å². The van der Waals surface area contributed by atoms with Gasteiger partial charge in [0.25, 0.3) is 0 Å². The van der Waals surface area contributed by atoms with Crippen LogP contribution in [0, 0.1) is 24.6 Å². The number of hydrogen-bond donors (Lipinski definition) is 0. The van der Waals surface area contributed by atoms with Crippen molar-refractivity contribution in [1.29, 1.82) is 0 Å². The zero-order valence-corrected chi connectivity index (χ0v) is 14.9. The van der Waals surface area contributed by atoms with Crippen molar-refractivity contribution in [3.05, 3.63) is 41.5 Å². The predicted molar refractivity (Wildman–Crippen MR) is 91.2 cm³/mol. The number of aryl methyl sites for hydroxylation is 1. The number of benzene rings is 1. The van der Waals surface area contributed by atoms with Gasteiger partial charge in [-0.05, 0) is 53.3 Å². The average Bonchev–Trinajstić information content (AvgIpc) is 2.97. The van der Waals surface area contributed by atoms with Crippen LogP contribution in [0.1, 0.15) is 37.7 Å². The minimum absolute atomic E-state index is 0.00180. The molecule has 0 aliphatic carbocycles. The highest BCUT2D eigenvalue weighted by Gasteiger charge is 2.32. The van der Waals surface area contributed by atoms with E-state index in [1.54, 1.807) is 17.7 Å². The summed E-state index contributed by atoms with van der Waals surface area (Å²) in [7, 11) is 0. The fourth-order valence-electron chi connectivity index (χ4n) is 3.75. The molecule has 3 atom stereocenters. The number of amides is 1. The fourth-order valence-corrected chi connectivity index (χ4v) is 3.75. The van der Waals surface area contributed by atoms with Crippen LogP contribution in [-0.4, -0.2) is 44.1 Å². The van der Waals surface area contributed by atoms with Gasteiger partial charge in [0.2, 0.25) is 5.91 Å². The summed E-state index contributed by atoms with van der Waals surface area (Å²) in [6.45, 7) is 7.58. The van der Waals surface area contributed by atoms with Crippen molar-refractivity contribution in [1.82, 2.24) is 25.1 Å². The lowest BCUT2D eigenvalue weighted by molar-refractivity contribution is -0.138. The van der Waals surface area contributed by atoms with Crippen molar-refractivity contribution in [2.45, 2.75) is 39.7 Å². The molecule has 0 N–H and O–H groups in total. The number of tetrazole rings is 1. The van der Waals surface area contributed by atoms with Crippen LogP contribution in [0.4, 0.5) is 4.39 Å². The number of hydrogen-bond acceptors (Lipinski definition) is 4. The summed E-state index contributed by atoms with van der Waals surface area (Å²) < 4.78 is 15.1. The first-order valence-electron chi connectivity index (χ1n) is 8.71. The van der Waals surface area contributed by atoms with Crippen molar-refractivity contribution in [3.63, 3.8) is 0 Å². The average molecular weight is 345 g/mol. The SMILES string of the molecule is Cc1nnnn1[C@H](Cc1cccc(F)c1)C(=O)N1C[C@H](C)C[C@H](C)C1. The number of halogens is 1. The summed E-state index contributed by atoms with van der Waals surface area (Å²) in [6, 6.07) is 5.78. The zero-order chi connectivity index (χ0) is 18.0. The molecule has 1 aliphatic heterocycles. The van der Waals surface area contributed by atoms with Crippen LogP contribution in [0.15, 0.2) is 24.3 Å². The van der Waals surface area contributed by atoms with E-state index in [1.165, 1.54) is 12.1 Å². The van der Waals surface area contributed by atoms with Crippen LogP contribution in [0.3, 0.4) is 0 Å². The van der Waals surface area contributed by atoms with E-state index in [0.717, 1.165) is 25.1 Å². The zero-order valence-electron chi connectivity index (χ0n) is 14.9. The maximum absolute atomic E-state index is 13.6. The number of carbonyl (C=O) groups excluding carboxylic acids is 1. The molecule has 1 saturated heterocycles. The van der Waals surface area contributed by atoms with Gasteiger partial charge in [-0.25, -0.2) is 9.07 Å². The summed E-state index contributed by atoms with van der Waals surface area (Å²) in [5.41, 5.74) is 0.756. The van der Waals surface area contributed by atoms with Gasteiger partial charge in [0.1, 0.15) is 17.7 Å². The lowest BCUT2D eigenvalue weighted by Crippen LogP contribution is -2.46. The molecule has 1 aliphatic rings. The number of rotatable bonds is 4. The van der Waals surface area contributed by atoms with Gasteiger partial charge < -0.3 is 4.90 Å². The highest BCUT2D eigenvalue weighted by Crippen LogP contribution is 2.25. The minimum atomic E-state index is -0.561. The maximum atomic E-state index is 13.6. The number of aromatic nitrogens is 4. The van der Waals surface area contributed by atoms with E-state index in [1.807, 2.05) is 11.0 Å². The Kier molecular flexibility index (Phi) is 5.11. The molecule has 0 unspecified atom stereocenters. The molecule has 6 nitrogen and oxygen atoms in total. The van der Waals surface area contributed by atoms with Gasteiger partial charge in [-0.3, -0.25) is 4.79 Å². The van der Waals surface area contributed by atoms with E-state index in [9.17, 15) is 9.18 Å². The summed E-state index contributed by atoms with van der Waals surface area (Å²) in [4.78, 5) is 15.2. The largest absolute Gasteiger partial charge is 0.340 e. The molecule has 25 heavy (non-hydrogen) atoms. The number of piperidine rings is 1. The third kappa shape index (κ3) is 4.03. The maximum Gasteiger partial charge on any atom is 0.247 e. The molecule has 0 saturated carbocycles. The second-order valence-corrected chi connectivity index (χ2v) is 7.21. The Hall–Kier alpha value is -2.31. The first kappa shape index (κ1) is 17.5. The van der Waals surface area contributed by atoms with Gasteiger partial charge in [0, 0.05) is 19.5 Å². The Labute approximate surface area is 147 Å². The van der Waals surface area contributed by atoms with Crippen molar-refractivity contribution in [2.75, 3.05) is 13.1 Å². The smallest absolute Gasteiger partial charge is 0.247 e. The lowest BCUT2D eigenvalue weighted by atomic mass is 9.91. The van der Waals surface area contributed by atoms with Crippen LogP contribution in [0.25, 0.3) is 0 Å². The molecule has 2 aromatic rings. The number of carbonyl (C=O) groups is 1. The first-order chi connectivity index (χ1) is 11.9. The lowest BCUT2D eigenvalue weighted by Gasteiger charge is -2.37. The molecule has 0 bridgehead atoms. The summed E-state index contributed by atoms with van der Waals surface area (Å²) in [5, 5.41) is 11.6. The van der Waals surface area contributed by atoms with E-state index in [-0.39, 0.29) is 11.7 Å². The van der Waals surface area contributed by atoms with Gasteiger partial charge >= 0.3 is 0 Å². The Morgan fingerprint density at radius 1 is 1.32 bits per heavy atom. The molecular weight excluding hydrogens is 321 g/mol.